The third-order valence-corrected chi connectivity index (χ3v) is 6.96. The van der Waals surface area contributed by atoms with Crippen molar-refractivity contribution in [3.05, 3.63) is 82.5 Å². The molecule has 2 aromatic heterocycles. The highest BCUT2D eigenvalue weighted by molar-refractivity contribution is 7.98. The molecule has 0 fully saturated rings. The van der Waals surface area contributed by atoms with Gasteiger partial charge in [-0.05, 0) is 54.7 Å². The highest BCUT2D eigenvalue weighted by Crippen LogP contribution is 2.37. The van der Waals surface area contributed by atoms with Gasteiger partial charge in [0.05, 0.1) is 24.0 Å². The Morgan fingerprint density at radius 2 is 1.79 bits per heavy atom. The van der Waals surface area contributed by atoms with E-state index >= 15 is 0 Å². The van der Waals surface area contributed by atoms with Crippen molar-refractivity contribution in [1.29, 1.82) is 10.5 Å². The van der Waals surface area contributed by atoms with Gasteiger partial charge in [-0.15, -0.1) is 0 Å². The number of nitrogens with two attached hydrogens (primary N) is 1. The molecule has 0 saturated heterocycles. The molecule has 0 radical (unpaired) electrons. The van der Waals surface area contributed by atoms with Crippen molar-refractivity contribution in [2.75, 3.05) is 12.3 Å². The summed E-state index contributed by atoms with van der Waals surface area (Å²) in [5.74, 6) is 0.378. The van der Waals surface area contributed by atoms with Crippen LogP contribution in [-0.2, 0) is 12.2 Å². The van der Waals surface area contributed by atoms with E-state index < -0.39 is 6.10 Å². The standard InChI is InChI=1S/C28H24FN5O3S/c1-16-10-19(7-9-24(16)29)27-33-20(14-37-27)15-38-28-23(12-31)25(22(11-30)26(32)34-28)18-5-2-17(3-6-18)4-8-21(36)13-35/h2-3,5-7,9-10,14,21,35-36H,4,8,13,15H2,1H3,(H2,32,34)/t21-/m1/s1. The number of hydrogen-bond donors (Lipinski definition) is 3. The Kier molecular flexibility index (Phi) is 8.39. The van der Waals surface area contributed by atoms with Crippen molar-refractivity contribution in [1.82, 2.24) is 9.97 Å². The van der Waals surface area contributed by atoms with Gasteiger partial charge in [-0.2, -0.15) is 10.5 Å². The molecule has 0 amide bonds. The van der Waals surface area contributed by atoms with Crippen molar-refractivity contribution in [3.63, 3.8) is 0 Å². The zero-order valence-corrected chi connectivity index (χ0v) is 21.3. The van der Waals surface area contributed by atoms with Crippen LogP contribution in [0.25, 0.3) is 22.6 Å². The number of hydrogen-bond acceptors (Lipinski definition) is 9. The molecule has 4 aromatic rings. The number of oxazole rings is 1. The summed E-state index contributed by atoms with van der Waals surface area (Å²) in [4.78, 5) is 8.79. The molecule has 4 N–H and O–H groups in total. The monoisotopic (exact) mass is 529 g/mol. The van der Waals surface area contributed by atoms with Crippen LogP contribution in [0.5, 0.6) is 0 Å². The Balaban J connectivity index is 1.60. The Morgan fingerprint density at radius 3 is 2.45 bits per heavy atom. The smallest absolute Gasteiger partial charge is 0.226 e. The van der Waals surface area contributed by atoms with E-state index in [0.717, 1.165) is 5.56 Å². The Bertz CT molecular complexity index is 1540. The van der Waals surface area contributed by atoms with Crippen LogP contribution in [0.1, 0.15) is 34.4 Å². The van der Waals surface area contributed by atoms with Gasteiger partial charge in [0, 0.05) is 16.9 Å². The lowest BCUT2D eigenvalue weighted by atomic mass is 9.95. The number of nitriles is 2. The van der Waals surface area contributed by atoms with Crippen molar-refractivity contribution in [2.24, 2.45) is 0 Å². The van der Waals surface area contributed by atoms with E-state index in [4.69, 9.17) is 15.3 Å². The summed E-state index contributed by atoms with van der Waals surface area (Å²) in [5, 5.41) is 38.8. The lowest BCUT2D eigenvalue weighted by Gasteiger charge is -2.13. The number of aromatic nitrogens is 2. The molecule has 2 heterocycles. The first kappa shape index (κ1) is 26.8. The SMILES string of the molecule is Cc1cc(-c2nc(CSc3nc(N)c(C#N)c(-c4ccc(CC[C@@H](O)CO)cc4)c3C#N)co2)ccc1F. The van der Waals surface area contributed by atoms with Gasteiger partial charge in [-0.25, -0.2) is 14.4 Å². The van der Waals surface area contributed by atoms with Crippen molar-refractivity contribution in [2.45, 2.75) is 36.6 Å². The van der Waals surface area contributed by atoms with Gasteiger partial charge in [0.1, 0.15) is 40.6 Å². The Labute approximate surface area is 223 Å². The molecule has 1 atom stereocenters. The zero-order chi connectivity index (χ0) is 27.2. The Morgan fingerprint density at radius 1 is 1.08 bits per heavy atom. The molecular weight excluding hydrogens is 505 g/mol. The molecule has 10 heteroatoms. The molecule has 0 unspecified atom stereocenters. The molecule has 0 spiro atoms. The summed E-state index contributed by atoms with van der Waals surface area (Å²) in [6.45, 7) is 1.36. The fourth-order valence-corrected chi connectivity index (χ4v) is 4.75. The minimum atomic E-state index is -0.787. The summed E-state index contributed by atoms with van der Waals surface area (Å²) >= 11 is 1.24. The second kappa shape index (κ2) is 11.9. The van der Waals surface area contributed by atoms with Gasteiger partial charge < -0.3 is 20.4 Å². The molecule has 8 nitrogen and oxygen atoms in total. The van der Waals surface area contributed by atoms with Gasteiger partial charge in [0.25, 0.3) is 0 Å². The third-order valence-electron chi connectivity index (χ3n) is 5.95. The molecule has 2 aromatic carbocycles. The number of anilines is 1. The van der Waals surface area contributed by atoms with Crippen LogP contribution in [0, 0.1) is 35.4 Å². The Hall–Kier alpha value is -4.22. The molecule has 0 aliphatic heterocycles. The number of aliphatic hydroxyl groups is 2. The highest BCUT2D eigenvalue weighted by Gasteiger charge is 2.21. The van der Waals surface area contributed by atoms with Gasteiger partial charge >= 0.3 is 0 Å². The summed E-state index contributed by atoms with van der Waals surface area (Å²) in [7, 11) is 0. The molecule has 0 saturated carbocycles. The number of aliphatic hydroxyl groups excluding tert-OH is 2. The normalized spacial score (nSPS) is 11.6. The second-order valence-electron chi connectivity index (χ2n) is 8.62. The van der Waals surface area contributed by atoms with Crippen molar-refractivity contribution in [3.8, 4) is 34.7 Å². The molecule has 192 valence electrons. The summed E-state index contributed by atoms with van der Waals surface area (Å²) < 4.78 is 19.2. The maximum Gasteiger partial charge on any atom is 0.226 e. The average Bonchev–Trinajstić information content (AvgIpc) is 3.41. The van der Waals surface area contributed by atoms with Gasteiger partial charge in [0.2, 0.25) is 5.89 Å². The topological polar surface area (TPSA) is 153 Å². The summed E-state index contributed by atoms with van der Waals surface area (Å²) in [5.41, 5.74) is 10.2. The van der Waals surface area contributed by atoms with E-state index in [1.165, 1.54) is 24.1 Å². The van der Waals surface area contributed by atoms with Crippen LogP contribution < -0.4 is 5.73 Å². The largest absolute Gasteiger partial charge is 0.444 e. The van der Waals surface area contributed by atoms with Crippen molar-refractivity contribution < 1.29 is 19.0 Å². The minimum Gasteiger partial charge on any atom is -0.444 e. The quantitative estimate of drug-likeness (QED) is 0.261. The lowest BCUT2D eigenvalue weighted by Crippen LogP contribution is -2.12. The third kappa shape index (κ3) is 5.84. The van der Waals surface area contributed by atoms with Gasteiger partial charge in [-0.3, -0.25) is 0 Å². The number of thioether (sulfide) groups is 1. The van der Waals surface area contributed by atoms with E-state index in [1.807, 2.05) is 12.1 Å². The number of nitrogens with zero attached hydrogens (tertiary/aromatic N) is 4. The number of nitrogen functional groups attached to an aromatic ring is 1. The maximum atomic E-state index is 13.6. The van der Waals surface area contributed by atoms with Crippen LogP contribution in [0.4, 0.5) is 10.2 Å². The first-order valence-electron chi connectivity index (χ1n) is 11.7. The first-order chi connectivity index (χ1) is 18.3. The number of halogens is 1. The second-order valence-corrected chi connectivity index (χ2v) is 9.58. The molecule has 4 rings (SSSR count). The highest BCUT2D eigenvalue weighted by atomic mass is 32.2. The fourth-order valence-electron chi connectivity index (χ4n) is 3.88. The summed E-state index contributed by atoms with van der Waals surface area (Å²) in [6.07, 6.45) is 1.68. The predicted molar refractivity (Wildman–Crippen MR) is 141 cm³/mol. The predicted octanol–water partition coefficient (Wildman–Crippen LogP) is 4.75. The van der Waals surface area contributed by atoms with Gasteiger partial charge in [0.15, 0.2) is 0 Å². The minimum absolute atomic E-state index is 0.0155. The van der Waals surface area contributed by atoms with Crippen LogP contribution in [0.2, 0.25) is 0 Å². The van der Waals surface area contributed by atoms with E-state index in [1.54, 1.807) is 31.2 Å². The molecule has 0 bridgehead atoms. The van der Waals surface area contributed by atoms with Gasteiger partial charge in [-0.1, -0.05) is 36.0 Å². The molecule has 38 heavy (non-hydrogen) atoms. The molecule has 0 aliphatic rings. The van der Waals surface area contributed by atoms with E-state index in [0.29, 0.717) is 57.5 Å². The van der Waals surface area contributed by atoms with E-state index in [2.05, 4.69) is 22.1 Å². The van der Waals surface area contributed by atoms with Crippen LogP contribution >= 0.6 is 11.8 Å². The lowest BCUT2D eigenvalue weighted by molar-refractivity contribution is 0.0886. The maximum absolute atomic E-state index is 13.6. The van der Waals surface area contributed by atoms with E-state index in [9.17, 15) is 20.0 Å². The van der Waals surface area contributed by atoms with Crippen LogP contribution in [0.3, 0.4) is 0 Å². The summed E-state index contributed by atoms with van der Waals surface area (Å²) in [6, 6.07) is 16.1. The number of pyridine rings is 1. The number of rotatable bonds is 9. The number of aryl methyl sites for hydroxylation is 2. The number of benzene rings is 2. The van der Waals surface area contributed by atoms with Crippen molar-refractivity contribution >= 4 is 17.6 Å². The first-order valence-corrected chi connectivity index (χ1v) is 12.7. The zero-order valence-electron chi connectivity index (χ0n) is 20.5. The van der Waals surface area contributed by atoms with Crippen LogP contribution in [0.15, 0.2) is 58.2 Å². The molecule has 0 aliphatic carbocycles. The molecular formula is C28H24FN5O3S. The van der Waals surface area contributed by atoms with Crippen LogP contribution in [-0.4, -0.2) is 32.9 Å². The average molecular weight is 530 g/mol. The fraction of sp³-hybridized carbons (Fsp3) is 0.214. The van der Waals surface area contributed by atoms with E-state index in [-0.39, 0.29) is 29.4 Å².